The minimum Gasteiger partial charge on any atom is -0.392 e. The number of aliphatic hydroxyl groups is 1. The minimum atomic E-state index is -4.41. The second-order valence-corrected chi connectivity index (χ2v) is 5.12. The molecule has 0 unspecified atom stereocenters. The lowest BCUT2D eigenvalue weighted by molar-refractivity contribution is -0.137. The maximum atomic E-state index is 12.6. The van der Waals surface area contributed by atoms with Crippen LogP contribution in [0.4, 0.5) is 13.2 Å². The summed E-state index contributed by atoms with van der Waals surface area (Å²) < 4.78 is 39.1. The maximum Gasteiger partial charge on any atom is 0.416 e. The van der Waals surface area contributed by atoms with E-state index >= 15 is 0 Å². The number of aliphatic hydroxyl groups excluding tert-OH is 1. The molecule has 0 radical (unpaired) electrons. The molecule has 0 aliphatic carbocycles. The summed E-state index contributed by atoms with van der Waals surface area (Å²) in [7, 11) is 0. The van der Waals surface area contributed by atoms with Crippen molar-refractivity contribution in [1.29, 1.82) is 0 Å². The van der Waals surface area contributed by atoms with Gasteiger partial charge in [-0.25, -0.2) is 0 Å². The van der Waals surface area contributed by atoms with Crippen LogP contribution in [0.25, 0.3) is 16.5 Å². The number of rotatable bonds is 2. The highest BCUT2D eigenvalue weighted by atomic mass is 19.4. The Hall–Kier alpha value is -2.60. The fourth-order valence-corrected chi connectivity index (χ4v) is 2.41. The van der Waals surface area contributed by atoms with Gasteiger partial charge in [-0.05, 0) is 53.4 Å². The normalized spacial score (nSPS) is 11.8. The summed E-state index contributed by atoms with van der Waals surface area (Å²) in [5.74, 6) is 0. The molecule has 6 heteroatoms. The van der Waals surface area contributed by atoms with E-state index in [1.165, 1.54) is 22.9 Å². The number of pyridine rings is 1. The summed E-state index contributed by atoms with van der Waals surface area (Å²) in [5, 5.41) is 10.2. The third-order valence-electron chi connectivity index (χ3n) is 3.62. The Morgan fingerprint density at radius 2 is 1.70 bits per heavy atom. The topological polar surface area (TPSA) is 42.2 Å². The summed E-state index contributed by atoms with van der Waals surface area (Å²) in [6.45, 7) is -0.127. The molecule has 0 saturated heterocycles. The van der Waals surface area contributed by atoms with Gasteiger partial charge in [-0.15, -0.1) is 0 Å². The quantitative estimate of drug-likeness (QED) is 0.785. The molecular formula is C17H12F3NO2. The number of hydrogen-bond acceptors (Lipinski definition) is 2. The first-order chi connectivity index (χ1) is 10.9. The number of alkyl halides is 3. The third-order valence-corrected chi connectivity index (χ3v) is 3.62. The fourth-order valence-electron chi connectivity index (χ4n) is 2.41. The predicted octanol–water partition coefficient (Wildman–Crippen LogP) is 3.50. The Balaban J connectivity index is 2.10. The highest BCUT2D eigenvalue weighted by molar-refractivity contribution is 5.82. The fraction of sp³-hybridized carbons (Fsp3) is 0.118. The molecule has 0 amide bonds. The SMILES string of the molecule is O=c1c2ccc(CO)cc2ccn1-c1ccc(C(F)(F)F)cc1. The van der Waals surface area contributed by atoms with Gasteiger partial charge in [0.2, 0.25) is 0 Å². The number of nitrogens with zero attached hydrogens (tertiary/aromatic N) is 1. The Morgan fingerprint density at radius 1 is 1.00 bits per heavy atom. The average Bonchev–Trinajstić information content (AvgIpc) is 2.54. The van der Waals surface area contributed by atoms with E-state index in [0.717, 1.165) is 12.1 Å². The van der Waals surface area contributed by atoms with Gasteiger partial charge in [0.1, 0.15) is 0 Å². The second-order valence-electron chi connectivity index (χ2n) is 5.12. The van der Waals surface area contributed by atoms with Crippen LogP contribution in [0.1, 0.15) is 11.1 Å². The number of aromatic nitrogens is 1. The lowest BCUT2D eigenvalue weighted by atomic mass is 10.1. The molecule has 118 valence electrons. The van der Waals surface area contributed by atoms with Gasteiger partial charge in [0.25, 0.3) is 5.56 Å². The largest absolute Gasteiger partial charge is 0.416 e. The number of hydrogen-bond donors (Lipinski definition) is 1. The van der Waals surface area contributed by atoms with E-state index in [-0.39, 0.29) is 12.2 Å². The van der Waals surface area contributed by atoms with Gasteiger partial charge >= 0.3 is 6.18 Å². The monoisotopic (exact) mass is 319 g/mol. The molecule has 23 heavy (non-hydrogen) atoms. The van der Waals surface area contributed by atoms with Crippen molar-refractivity contribution in [3.8, 4) is 5.69 Å². The molecule has 0 fully saturated rings. The lowest BCUT2D eigenvalue weighted by Crippen LogP contribution is -2.17. The first-order valence-electron chi connectivity index (χ1n) is 6.83. The summed E-state index contributed by atoms with van der Waals surface area (Å²) in [4.78, 5) is 12.5. The minimum absolute atomic E-state index is 0.127. The van der Waals surface area contributed by atoms with Gasteiger partial charge in [0.15, 0.2) is 0 Å². The molecule has 0 bridgehead atoms. The van der Waals surface area contributed by atoms with Gasteiger partial charge in [0.05, 0.1) is 12.2 Å². The van der Waals surface area contributed by atoms with Crippen LogP contribution in [0.5, 0.6) is 0 Å². The van der Waals surface area contributed by atoms with Crippen molar-refractivity contribution in [2.24, 2.45) is 0 Å². The zero-order valence-electron chi connectivity index (χ0n) is 11.8. The van der Waals surface area contributed by atoms with Gasteiger partial charge in [-0.3, -0.25) is 9.36 Å². The number of benzene rings is 2. The van der Waals surface area contributed by atoms with Crippen LogP contribution in [-0.2, 0) is 12.8 Å². The van der Waals surface area contributed by atoms with E-state index in [9.17, 15) is 18.0 Å². The summed E-state index contributed by atoms with van der Waals surface area (Å²) >= 11 is 0. The van der Waals surface area contributed by atoms with Crippen LogP contribution in [0.15, 0.2) is 59.5 Å². The van der Waals surface area contributed by atoms with Gasteiger partial charge in [-0.2, -0.15) is 13.2 Å². The Bertz CT molecular complexity index is 912. The molecule has 3 aromatic rings. The third kappa shape index (κ3) is 2.85. The zero-order chi connectivity index (χ0) is 16.6. The molecule has 2 aromatic carbocycles. The van der Waals surface area contributed by atoms with Crippen LogP contribution in [-0.4, -0.2) is 9.67 Å². The molecule has 1 N–H and O–H groups in total. The first-order valence-corrected chi connectivity index (χ1v) is 6.83. The van der Waals surface area contributed by atoms with Crippen molar-refractivity contribution in [3.05, 3.63) is 76.2 Å². The number of fused-ring (bicyclic) bond motifs is 1. The summed E-state index contributed by atoms with van der Waals surface area (Å²) in [6.07, 6.45) is -2.90. The van der Waals surface area contributed by atoms with Gasteiger partial charge < -0.3 is 5.11 Å². The molecule has 0 aliphatic heterocycles. The molecule has 0 atom stereocenters. The molecule has 0 spiro atoms. The molecule has 0 saturated carbocycles. The smallest absolute Gasteiger partial charge is 0.392 e. The lowest BCUT2D eigenvalue weighted by Gasteiger charge is -2.10. The predicted molar refractivity (Wildman–Crippen MR) is 80.5 cm³/mol. The molecule has 1 aromatic heterocycles. The van der Waals surface area contributed by atoms with Crippen molar-refractivity contribution in [2.45, 2.75) is 12.8 Å². The van der Waals surface area contributed by atoms with E-state index < -0.39 is 11.7 Å². The Morgan fingerprint density at radius 3 is 2.30 bits per heavy atom. The zero-order valence-corrected chi connectivity index (χ0v) is 11.8. The summed E-state index contributed by atoms with van der Waals surface area (Å²) in [5.41, 5.74) is -0.0465. The van der Waals surface area contributed by atoms with Crippen molar-refractivity contribution in [2.75, 3.05) is 0 Å². The standard InChI is InChI=1S/C17H12F3NO2/c18-17(19,20)13-2-4-14(5-3-13)21-8-7-12-9-11(10-22)1-6-15(12)16(21)23/h1-9,22H,10H2. The van der Waals surface area contributed by atoms with Crippen LogP contribution in [0, 0.1) is 0 Å². The maximum absolute atomic E-state index is 12.6. The average molecular weight is 319 g/mol. The van der Waals surface area contributed by atoms with Crippen molar-refractivity contribution in [3.63, 3.8) is 0 Å². The van der Waals surface area contributed by atoms with Crippen LogP contribution in [0.2, 0.25) is 0 Å². The van der Waals surface area contributed by atoms with E-state index in [0.29, 0.717) is 22.0 Å². The molecule has 3 nitrogen and oxygen atoms in total. The highest BCUT2D eigenvalue weighted by Crippen LogP contribution is 2.29. The highest BCUT2D eigenvalue weighted by Gasteiger charge is 2.30. The Labute approximate surface area is 129 Å². The van der Waals surface area contributed by atoms with Crippen LogP contribution in [0.3, 0.4) is 0 Å². The molecule has 1 heterocycles. The van der Waals surface area contributed by atoms with Crippen LogP contribution < -0.4 is 5.56 Å². The van der Waals surface area contributed by atoms with E-state index in [1.807, 2.05) is 0 Å². The van der Waals surface area contributed by atoms with Gasteiger partial charge in [-0.1, -0.05) is 6.07 Å². The molecular weight excluding hydrogens is 307 g/mol. The first kappa shape index (κ1) is 15.3. The summed E-state index contributed by atoms with van der Waals surface area (Å²) in [6, 6.07) is 11.0. The van der Waals surface area contributed by atoms with E-state index in [1.54, 1.807) is 24.3 Å². The second kappa shape index (κ2) is 5.55. The molecule has 3 rings (SSSR count). The van der Waals surface area contributed by atoms with Gasteiger partial charge in [0, 0.05) is 17.3 Å². The van der Waals surface area contributed by atoms with E-state index in [4.69, 9.17) is 5.11 Å². The van der Waals surface area contributed by atoms with Crippen molar-refractivity contribution >= 4 is 10.8 Å². The van der Waals surface area contributed by atoms with Crippen molar-refractivity contribution < 1.29 is 18.3 Å². The van der Waals surface area contributed by atoms with E-state index in [2.05, 4.69) is 0 Å². The Kier molecular flexibility index (Phi) is 3.69. The van der Waals surface area contributed by atoms with Crippen LogP contribution >= 0.6 is 0 Å². The number of halogens is 3. The molecule has 0 aliphatic rings. The van der Waals surface area contributed by atoms with Crippen molar-refractivity contribution in [1.82, 2.24) is 4.57 Å².